The molecule has 23 heavy (non-hydrogen) atoms. The lowest BCUT2D eigenvalue weighted by atomic mass is 9.89. The van der Waals surface area contributed by atoms with Crippen LogP contribution in [0.3, 0.4) is 0 Å². The maximum Gasteiger partial charge on any atom is 0.306 e. The van der Waals surface area contributed by atoms with Gasteiger partial charge in [-0.3, -0.25) is 14.8 Å². The number of aliphatic hydroxyl groups excluding tert-OH is 1. The molecule has 7 heteroatoms. The lowest BCUT2D eigenvalue weighted by Crippen LogP contribution is -2.40. The highest BCUT2D eigenvalue weighted by molar-refractivity contribution is 5.20. The Kier molecular flexibility index (Phi) is 6.53. The highest BCUT2D eigenvalue weighted by Gasteiger charge is 2.21. The van der Waals surface area contributed by atoms with E-state index in [4.69, 9.17) is 0 Å². The Balaban J connectivity index is 1.69. The number of rotatable bonds is 8. The summed E-state index contributed by atoms with van der Waals surface area (Å²) >= 11 is 0. The molecule has 1 aromatic heterocycles. The molecule has 0 spiro atoms. The van der Waals surface area contributed by atoms with E-state index in [1.54, 1.807) is 0 Å². The second kappa shape index (κ2) is 8.40. The van der Waals surface area contributed by atoms with Gasteiger partial charge in [-0.25, -0.2) is 0 Å². The van der Waals surface area contributed by atoms with Crippen LogP contribution in [0.4, 0.5) is 5.69 Å². The Hall–Kier alpha value is -1.47. The first kappa shape index (κ1) is 17.9. The minimum Gasteiger partial charge on any atom is -0.390 e. The molecule has 0 aromatic carbocycles. The van der Waals surface area contributed by atoms with E-state index in [9.17, 15) is 15.2 Å². The maximum absolute atomic E-state index is 10.6. The number of hydrogen-bond donors (Lipinski definition) is 1. The van der Waals surface area contributed by atoms with E-state index in [0.717, 1.165) is 24.9 Å². The van der Waals surface area contributed by atoms with Crippen molar-refractivity contribution in [3.05, 3.63) is 22.5 Å². The van der Waals surface area contributed by atoms with Crippen molar-refractivity contribution in [3.8, 4) is 0 Å². The second-order valence-corrected chi connectivity index (χ2v) is 7.05. The summed E-state index contributed by atoms with van der Waals surface area (Å²) in [5.41, 5.74) is -0.0387. The van der Waals surface area contributed by atoms with Gasteiger partial charge in [0.1, 0.15) is 12.4 Å². The summed E-state index contributed by atoms with van der Waals surface area (Å²) < 4.78 is 1.44. The zero-order valence-corrected chi connectivity index (χ0v) is 14.1. The van der Waals surface area contributed by atoms with Gasteiger partial charge in [-0.15, -0.1) is 0 Å². The third kappa shape index (κ3) is 5.91. The lowest BCUT2D eigenvalue weighted by molar-refractivity contribution is -0.385. The molecule has 1 aliphatic heterocycles. The molecule has 0 amide bonds. The topological polar surface area (TPSA) is 84.4 Å². The third-order valence-electron chi connectivity index (χ3n) is 4.56. The smallest absolute Gasteiger partial charge is 0.306 e. The van der Waals surface area contributed by atoms with E-state index in [1.165, 1.54) is 42.8 Å². The van der Waals surface area contributed by atoms with Crippen molar-refractivity contribution in [3.63, 3.8) is 0 Å². The van der Waals surface area contributed by atoms with Gasteiger partial charge in [0.15, 0.2) is 0 Å². The van der Waals surface area contributed by atoms with Crippen LogP contribution in [0, 0.1) is 22.0 Å². The third-order valence-corrected chi connectivity index (χ3v) is 4.56. The fourth-order valence-corrected chi connectivity index (χ4v) is 3.15. The Bertz CT molecular complexity index is 495. The Labute approximate surface area is 137 Å². The molecule has 1 aromatic rings. The fourth-order valence-electron chi connectivity index (χ4n) is 3.15. The quantitative estimate of drug-likeness (QED) is 0.586. The van der Waals surface area contributed by atoms with Crippen LogP contribution < -0.4 is 0 Å². The average molecular weight is 324 g/mol. The SMILES string of the molecule is CC(C)CCC1CCN(CC(O)Cn2cc([N+](=O)[O-])cn2)CC1. The van der Waals surface area contributed by atoms with E-state index >= 15 is 0 Å². The van der Waals surface area contributed by atoms with Crippen LogP contribution in [0.5, 0.6) is 0 Å². The number of aromatic nitrogens is 2. The number of nitro groups is 1. The summed E-state index contributed by atoms with van der Waals surface area (Å²) in [5, 5.41) is 24.7. The summed E-state index contributed by atoms with van der Waals surface area (Å²) in [5.74, 6) is 1.59. The van der Waals surface area contributed by atoms with Gasteiger partial charge in [0.2, 0.25) is 0 Å². The molecule has 2 rings (SSSR count). The minimum absolute atomic E-state index is 0.0387. The lowest BCUT2D eigenvalue weighted by Gasteiger charge is -2.33. The van der Waals surface area contributed by atoms with Gasteiger partial charge < -0.3 is 10.0 Å². The van der Waals surface area contributed by atoms with Crippen LogP contribution in [0.15, 0.2) is 12.4 Å². The summed E-state index contributed by atoms with van der Waals surface area (Å²) in [7, 11) is 0. The van der Waals surface area contributed by atoms with Crippen molar-refractivity contribution in [2.24, 2.45) is 11.8 Å². The van der Waals surface area contributed by atoms with E-state index in [-0.39, 0.29) is 5.69 Å². The molecule has 2 heterocycles. The summed E-state index contributed by atoms with van der Waals surface area (Å²) in [6.45, 7) is 7.49. The van der Waals surface area contributed by atoms with E-state index in [1.807, 2.05) is 0 Å². The van der Waals surface area contributed by atoms with Crippen molar-refractivity contribution < 1.29 is 10.0 Å². The van der Waals surface area contributed by atoms with E-state index < -0.39 is 11.0 Å². The summed E-state index contributed by atoms with van der Waals surface area (Å²) in [6, 6.07) is 0. The molecular formula is C16H28N4O3. The molecule has 1 N–H and O–H groups in total. The highest BCUT2D eigenvalue weighted by Crippen LogP contribution is 2.23. The van der Waals surface area contributed by atoms with Gasteiger partial charge in [-0.05, 0) is 37.8 Å². The van der Waals surface area contributed by atoms with Crippen LogP contribution in [-0.4, -0.2) is 50.4 Å². The largest absolute Gasteiger partial charge is 0.390 e. The first-order valence-electron chi connectivity index (χ1n) is 8.51. The molecule has 0 aliphatic carbocycles. The number of aliphatic hydroxyl groups is 1. The Morgan fingerprint density at radius 2 is 2.09 bits per heavy atom. The molecule has 7 nitrogen and oxygen atoms in total. The van der Waals surface area contributed by atoms with Crippen molar-refractivity contribution in [2.75, 3.05) is 19.6 Å². The molecular weight excluding hydrogens is 296 g/mol. The number of piperidine rings is 1. The predicted octanol–water partition coefficient (Wildman–Crippen LogP) is 2.30. The molecule has 1 aliphatic rings. The highest BCUT2D eigenvalue weighted by atomic mass is 16.6. The standard InChI is InChI=1S/C16H28N4O3/c1-13(2)3-4-14-5-7-18(8-6-14)11-16(21)12-19-10-15(9-17-19)20(22)23/h9-10,13-14,16,21H,3-8,11-12H2,1-2H3. The number of nitrogens with zero attached hydrogens (tertiary/aromatic N) is 4. The molecule has 0 bridgehead atoms. The minimum atomic E-state index is -0.554. The van der Waals surface area contributed by atoms with Crippen LogP contribution in [0.25, 0.3) is 0 Å². The van der Waals surface area contributed by atoms with Crippen molar-refractivity contribution in [2.45, 2.75) is 52.2 Å². The Morgan fingerprint density at radius 1 is 1.39 bits per heavy atom. The maximum atomic E-state index is 10.6. The van der Waals surface area contributed by atoms with Crippen LogP contribution in [-0.2, 0) is 6.54 Å². The van der Waals surface area contributed by atoms with E-state index in [2.05, 4.69) is 23.8 Å². The van der Waals surface area contributed by atoms with Crippen molar-refractivity contribution in [1.29, 1.82) is 0 Å². The number of β-amino-alcohol motifs (C(OH)–C–C–N with tert-alkyl or cyclic N) is 1. The van der Waals surface area contributed by atoms with Gasteiger partial charge in [0.05, 0.1) is 17.6 Å². The average Bonchev–Trinajstić information content (AvgIpc) is 2.95. The molecule has 130 valence electrons. The van der Waals surface area contributed by atoms with Crippen LogP contribution in [0.2, 0.25) is 0 Å². The molecule has 0 saturated carbocycles. The van der Waals surface area contributed by atoms with Gasteiger partial charge >= 0.3 is 5.69 Å². The molecule has 1 fully saturated rings. The second-order valence-electron chi connectivity index (χ2n) is 7.05. The van der Waals surface area contributed by atoms with Gasteiger partial charge in [0.25, 0.3) is 0 Å². The normalized spacial score (nSPS) is 18.4. The van der Waals surface area contributed by atoms with Gasteiger partial charge in [-0.1, -0.05) is 26.7 Å². The Morgan fingerprint density at radius 3 is 2.65 bits per heavy atom. The molecule has 0 radical (unpaired) electrons. The van der Waals surface area contributed by atoms with E-state index in [0.29, 0.717) is 13.1 Å². The predicted molar refractivity (Wildman–Crippen MR) is 88.1 cm³/mol. The first-order chi connectivity index (χ1) is 10.9. The first-order valence-corrected chi connectivity index (χ1v) is 8.51. The van der Waals surface area contributed by atoms with Crippen molar-refractivity contribution in [1.82, 2.24) is 14.7 Å². The fraction of sp³-hybridized carbons (Fsp3) is 0.812. The van der Waals surface area contributed by atoms with Gasteiger partial charge in [-0.2, -0.15) is 5.10 Å². The molecule has 1 saturated heterocycles. The van der Waals surface area contributed by atoms with Crippen LogP contribution in [0.1, 0.15) is 39.5 Å². The monoisotopic (exact) mass is 324 g/mol. The zero-order chi connectivity index (χ0) is 16.8. The van der Waals surface area contributed by atoms with Gasteiger partial charge in [0, 0.05) is 6.54 Å². The van der Waals surface area contributed by atoms with Crippen LogP contribution >= 0.6 is 0 Å². The van der Waals surface area contributed by atoms with Crippen molar-refractivity contribution >= 4 is 5.69 Å². The number of likely N-dealkylation sites (tertiary alicyclic amines) is 1. The zero-order valence-electron chi connectivity index (χ0n) is 14.1. The molecule has 1 unspecified atom stereocenters. The molecule has 1 atom stereocenters. The summed E-state index contributed by atoms with van der Waals surface area (Å²) in [6.07, 6.45) is 7.03. The summed E-state index contributed by atoms with van der Waals surface area (Å²) in [4.78, 5) is 12.4. The number of hydrogen-bond acceptors (Lipinski definition) is 5.